The second-order valence-electron chi connectivity index (χ2n) is 7.37. The molecule has 0 saturated heterocycles. The molecule has 0 spiro atoms. The maximum atomic E-state index is 12.5. The van der Waals surface area contributed by atoms with Gasteiger partial charge in [-0.05, 0) is 31.0 Å². The minimum atomic E-state index is -1.53. The zero-order valence-corrected chi connectivity index (χ0v) is 18.6. The first-order valence-electron chi connectivity index (χ1n) is 10.4. The minimum Gasteiger partial charge on any atom is -0.449 e. The lowest BCUT2D eigenvalue weighted by Crippen LogP contribution is -2.39. The van der Waals surface area contributed by atoms with Gasteiger partial charge in [0.05, 0.1) is 25.5 Å². The van der Waals surface area contributed by atoms with Crippen molar-refractivity contribution in [3.05, 3.63) is 48.7 Å². The predicted octanol–water partition coefficient (Wildman–Crippen LogP) is 1.95. The number of nitrogens with zero attached hydrogens (tertiary/aromatic N) is 5. The van der Waals surface area contributed by atoms with Crippen molar-refractivity contribution in [3.8, 4) is 11.1 Å². The maximum Gasteiger partial charge on any atom is 0.419 e. The van der Waals surface area contributed by atoms with Crippen molar-refractivity contribution in [1.82, 2.24) is 19.3 Å². The molecule has 3 aromatic rings. The van der Waals surface area contributed by atoms with Crippen molar-refractivity contribution in [2.24, 2.45) is 7.05 Å². The molecular formula is C22H26N6O5. The van der Waals surface area contributed by atoms with Crippen LogP contribution in [0.15, 0.2) is 42.9 Å². The van der Waals surface area contributed by atoms with Crippen molar-refractivity contribution in [2.45, 2.75) is 26.4 Å². The molecule has 0 unspecified atom stereocenters. The van der Waals surface area contributed by atoms with E-state index in [0.717, 1.165) is 11.1 Å². The Bertz CT molecular complexity index is 1140. The van der Waals surface area contributed by atoms with Crippen LogP contribution in [0.5, 0.6) is 0 Å². The molecule has 0 fully saturated rings. The van der Waals surface area contributed by atoms with Gasteiger partial charge in [-0.3, -0.25) is 14.3 Å². The number of anilines is 2. The number of carbonyl (C=O) groups excluding carboxylic acids is 3. The molecule has 2 N–H and O–H groups in total. The van der Waals surface area contributed by atoms with Crippen LogP contribution in [-0.2, 0) is 21.4 Å². The quantitative estimate of drug-likeness (QED) is 0.472. The van der Waals surface area contributed by atoms with Gasteiger partial charge < -0.3 is 20.1 Å². The molecule has 2 amide bonds. The van der Waals surface area contributed by atoms with Gasteiger partial charge in [0.2, 0.25) is 6.41 Å². The maximum absolute atomic E-state index is 12.5. The third-order valence-electron chi connectivity index (χ3n) is 4.78. The summed E-state index contributed by atoms with van der Waals surface area (Å²) in [5.41, 5.74) is 2.21. The van der Waals surface area contributed by atoms with E-state index in [9.17, 15) is 19.5 Å². The zero-order valence-electron chi connectivity index (χ0n) is 18.6. The molecule has 0 aliphatic heterocycles. The summed E-state index contributed by atoms with van der Waals surface area (Å²) in [6, 6.07) is 7.11. The fourth-order valence-corrected chi connectivity index (χ4v) is 3.10. The van der Waals surface area contributed by atoms with Gasteiger partial charge in [0, 0.05) is 24.5 Å². The molecule has 33 heavy (non-hydrogen) atoms. The molecule has 11 heteroatoms. The Morgan fingerprint density at radius 2 is 2.09 bits per heavy atom. The van der Waals surface area contributed by atoms with E-state index in [-0.39, 0.29) is 19.0 Å². The van der Waals surface area contributed by atoms with E-state index in [1.54, 1.807) is 43.0 Å². The van der Waals surface area contributed by atoms with Gasteiger partial charge >= 0.3 is 6.09 Å². The molecule has 11 nitrogen and oxygen atoms in total. The number of rotatable bonds is 9. The van der Waals surface area contributed by atoms with E-state index in [4.69, 9.17) is 4.74 Å². The van der Waals surface area contributed by atoms with E-state index in [2.05, 4.69) is 15.4 Å². The second-order valence-corrected chi connectivity index (χ2v) is 7.37. The normalized spacial score (nSPS) is 11.6. The van der Waals surface area contributed by atoms with Crippen LogP contribution >= 0.6 is 0 Å². The molecule has 1 aromatic carbocycles. The van der Waals surface area contributed by atoms with Crippen molar-refractivity contribution >= 4 is 29.9 Å². The van der Waals surface area contributed by atoms with Gasteiger partial charge in [-0.2, -0.15) is 5.10 Å². The number of nitrogens with one attached hydrogen (secondary N) is 1. The Morgan fingerprint density at radius 3 is 2.76 bits per heavy atom. The highest BCUT2D eigenvalue weighted by molar-refractivity contribution is 5.94. The van der Waals surface area contributed by atoms with Crippen LogP contribution in [0.3, 0.4) is 0 Å². The van der Waals surface area contributed by atoms with Crippen LogP contribution in [0.25, 0.3) is 11.1 Å². The molecule has 0 aliphatic rings. The zero-order chi connectivity index (χ0) is 24.0. The lowest BCUT2D eigenvalue weighted by atomic mass is 10.1. The van der Waals surface area contributed by atoms with Gasteiger partial charge in [-0.25, -0.2) is 14.3 Å². The third kappa shape index (κ3) is 5.83. The number of aliphatic hydroxyl groups excluding tert-OH is 1. The summed E-state index contributed by atoms with van der Waals surface area (Å²) in [5, 5.41) is 17.0. The Morgan fingerprint density at radius 1 is 1.30 bits per heavy atom. The number of aryl methyl sites for hydroxylation is 2. The Balaban J connectivity index is 1.66. The van der Waals surface area contributed by atoms with Crippen LogP contribution in [0.4, 0.5) is 16.3 Å². The number of aromatic nitrogens is 4. The Kier molecular flexibility index (Phi) is 7.57. The molecule has 0 saturated carbocycles. The average Bonchev–Trinajstić information content (AvgIpc) is 3.40. The number of ether oxygens (including phenoxy) is 1. The first kappa shape index (κ1) is 23.7. The highest BCUT2D eigenvalue weighted by Crippen LogP contribution is 2.24. The molecule has 174 valence electrons. The van der Waals surface area contributed by atoms with Gasteiger partial charge in [0.15, 0.2) is 11.9 Å². The standard InChI is InChI=1S/C22H26N6O5/c1-4-8-33-22(32)28-13-20(24-15(28)2)25-21(31)19(30)12-27(14-29)18-7-5-6-16(9-18)17-10-23-26(3)11-17/h5-7,9-11,13-14,19,30H,4,8,12H2,1-3H3,(H,25,31)/t19-/m0/s1. The Hall–Kier alpha value is -3.99. The summed E-state index contributed by atoms with van der Waals surface area (Å²) in [6.45, 7) is 3.45. The molecule has 2 aromatic heterocycles. The number of benzene rings is 1. The van der Waals surface area contributed by atoms with Crippen LogP contribution in [-0.4, -0.2) is 62.1 Å². The summed E-state index contributed by atoms with van der Waals surface area (Å²) in [7, 11) is 1.80. The van der Waals surface area contributed by atoms with E-state index < -0.39 is 18.1 Å². The van der Waals surface area contributed by atoms with Crippen molar-refractivity contribution < 1.29 is 24.2 Å². The SMILES string of the molecule is CCCOC(=O)n1cc(NC(=O)[C@@H](O)CN(C=O)c2cccc(-c3cnn(C)c3)c2)nc1C. The summed E-state index contributed by atoms with van der Waals surface area (Å²) in [6.07, 6.45) is 3.93. The van der Waals surface area contributed by atoms with Gasteiger partial charge in [0.1, 0.15) is 5.82 Å². The summed E-state index contributed by atoms with van der Waals surface area (Å²) in [4.78, 5) is 41.5. The van der Waals surface area contributed by atoms with E-state index in [0.29, 0.717) is 24.3 Å². The Labute approximate surface area is 190 Å². The summed E-state index contributed by atoms with van der Waals surface area (Å²) in [5.74, 6) is -0.360. The van der Waals surface area contributed by atoms with Gasteiger partial charge in [0.25, 0.3) is 5.91 Å². The lowest BCUT2D eigenvalue weighted by molar-refractivity contribution is -0.123. The van der Waals surface area contributed by atoms with Crippen molar-refractivity contribution in [1.29, 1.82) is 0 Å². The van der Waals surface area contributed by atoms with E-state index in [1.807, 2.05) is 19.2 Å². The van der Waals surface area contributed by atoms with Crippen LogP contribution in [0, 0.1) is 6.92 Å². The molecular weight excluding hydrogens is 428 g/mol. The highest BCUT2D eigenvalue weighted by atomic mass is 16.5. The number of amides is 2. The molecule has 0 aliphatic carbocycles. The molecule has 0 radical (unpaired) electrons. The van der Waals surface area contributed by atoms with E-state index >= 15 is 0 Å². The molecule has 3 rings (SSSR count). The molecule has 0 bridgehead atoms. The van der Waals surface area contributed by atoms with Crippen LogP contribution in [0.2, 0.25) is 0 Å². The summed E-state index contributed by atoms with van der Waals surface area (Å²) < 4.78 is 7.89. The second kappa shape index (κ2) is 10.6. The van der Waals surface area contributed by atoms with Gasteiger partial charge in [-0.15, -0.1) is 0 Å². The highest BCUT2D eigenvalue weighted by Gasteiger charge is 2.22. The van der Waals surface area contributed by atoms with Crippen LogP contribution < -0.4 is 10.2 Å². The topological polar surface area (TPSA) is 132 Å². The number of carbonyl (C=O) groups is 3. The number of aliphatic hydroxyl groups is 1. The summed E-state index contributed by atoms with van der Waals surface area (Å²) >= 11 is 0. The predicted molar refractivity (Wildman–Crippen MR) is 121 cm³/mol. The number of imidazole rings is 1. The third-order valence-corrected chi connectivity index (χ3v) is 4.78. The van der Waals surface area contributed by atoms with Gasteiger partial charge in [-0.1, -0.05) is 19.1 Å². The fourth-order valence-electron chi connectivity index (χ4n) is 3.10. The first-order chi connectivity index (χ1) is 15.8. The molecule has 1 atom stereocenters. The van der Waals surface area contributed by atoms with Crippen LogP contribution in [0.1, 0.15) is 19.2 Å². The fraction of sp³-hybridized carbons (Fsp3) is 0.318. The van der Waals surface area contributed by atoms with E-state index in [1.165, 1.54) is 15.7 Å². The smallest absolute Gasteiger partial charge is 0.419 e. The molecule has 2 heterocycles. The van der Waals surface area contributed by atoms with Crippen molar-refractivity contribution in [3.63, 3.8) is 0 Å². The minimum absolute atomic E-state index is 0.0845. The number of hydrogen-bond donors (Lipinski definition) is 2. The first-order valence-corrected chi connectivity index (χ1v) is 10.4. The van der Waals surface area contributed by atoms with Crippen molar-refractivity contribution in [2.75, 3.05) is 23.4 Å². The number of hydrogen-bond acceptors (Lipinski definition) is 7. The average molecular weight is 454 g/mol. The monoisotopic (exact) mass is 454 g/mol. The lowest BCUT2D eigenvalue weighted by Gasteiger charge is -2.21. The largest absolute Gasteiger partial charge is 0.449 e.